The number of amides is 2. The predicted molar refractivity (Wildman–Crippen MR) is 112 cm³/mol. The number of nitrogens with two attached hydrogens (primary N) is 1. The number of nitrogens with zero attached hydrogens (tertiary/aromatic N) is 2. The third-order valence-corrected chi connectivity index (χ3v) is 8.33. The molecular weight excluding hydrogens is 437 g/mol. The lowest BCUT2D eigenvalue weighted by molar-refractivity contribution is -0.139. The van der Waals surface area contributed by atoms with Crippen LogP contribution in [0.4, 0.5) is 0 Å². The van der Waals surface area contributed by atoms with Gasteiger partial charge in [-0.1, -0.05) is 29.3 Å². The highest BCUT2D eigenvalue weighted by atomic mass is 35.5. The van der Waals surface area contributed by atoms with Gasteiger partial charge in [0.15, 0.2) is 0 Å². The number of carbonyl (C=O) groups is 2. The topological polar surface area (TPSA) is 101 Å². The number of hydrogen-bond donors (Lipinski definition) is 1. The zero-order valence-electron chi connectivity index (χ0n) is 16.0. The first-order valence-electron chi connectivity index (χ1n) is 9.67. The van der Waals surface area contributed by atoms with E-state index in [0.29, 0.717) is 67.5 Å². The minimum absolute atomic E-state index is 0.0504. The fraction of sp³-hybridized carbons (Fsp3) is 0.579. The Hall–Kier alpha value is -1.35. The summed E-state index contributed by atoms with van der Waals surface area (Å²) in [6, 6.07) is 4.80. The number of likely N-dealkylation sites (tertiary alicyclic amines) is 1. The molecule has 2 saturated heterocycles. The maximum atomic E-state index is 12.8. The number of carbonyl (C=O) groups excluding carboxylic acids is 2. The lowest BCUT2D eigenvalue weighted by atomic mass is 9.92. The van der Waals surface area contributed by atoms with Gasteiger partial charge in [0.2, 0.25) is 21.8 Å². The number of benzene rings is 1. The number of rotatable bonds is 5. The van der Waals surface area contributed by atoms with Crippen LogP contribution >= 0.6 is 23.2 Å². The fourth-order valence-corrected chi connectivity index (χ4v) is 5.83. The summed E-state index contributed by atoms with van der Waals surface area (Å²) in [5.41, 5.74) is 5.92. The van der Waals surface area contributed by atoms with E-state index in [1.54, 1.807) is 23.1 Å². The summed E-state index contributed by atoms with van der Waals surface area (Å²) < 4.78 is 26.9. The Labute approximate surface area is 181 Å². The van der Waals surface area contributed by atoms with Gasteiger partial charge in [-0.2, -0.15) is 0 Å². The van der Waals surface area contributed by atoms with E-state index in [9.17, 15) is 18.0 Å². The molecule has 160 valence electrons. The Morgan fingerprint density at radius 2 is 1.55 bits per heavy atom. The maximum absolute atomic E-state index is 12.8. The van der Waals surface area contributed by atoms with Crippen LogP contribution in [-0.2, 0) is 25.4 Å². The molecule has 2 fully saturated rings. The lowest BCUT2D eigenvalue weighted by Gasteiger charge is -2.36. The van der Waals surface area contributed by atoms with Gasteiger partial charge in [-0.25, -0.2) is 12.7 Å². The third kappa shape index (κ3) is 5.42. The molecule has 0 bridgehead atoms. The summed E-state index contributed by atoms with van der Waals surface area (Å²) >= 11 is 11.9. The predicted octanol–water partition coefficient (Wildman–Crippen LogP) is 2.26. The van der Waals surface area contributed by atoms with Crippen molar-refractivity contribution in [1.29, 1.82) is 0 Å². The average Bonchev–Trinajstić information content (AvgIpc) is 2.70. The first-order chi connectivity index (χ1) is 13.7. The molecule has 0 spiro atoms. The quantitative estimate of drug-likeness (QED) is 0.726. The average molecular weight is 462 g/mol. The summed E-state index contributed by atoms with van der Waals surface area (Å²) in [7, 11) is -3.50. The van der Waals surface area contributed by atoms with Gasteiger partial charge < -0.3 is 10.6 Å². The molecule has 1 aromatic rings. The summed E-state index contributed by atoms with van der Waals surface area (Å²) in [6.45, 7) is 1.69. The summed E-state index contributed by atoms with van der Waals surface area (Å²) in [5.74, 6) is -0.751. The monoisotopic (exact) mass is 461 g/mol. The standard InChI is InChI=1S/C19H25Cl2N3O4S/c20-16-2-1-13(11-17(16)21)12-29(27,28)24-9-5-15(6-10-24)19(26)23-7-3-14(4-8-23)18(22)25/h1-2,11,14-15H,3-10,12H2,(H2,22,25). The Bertz CT molecular complexity index is 877. The van der Waals surface area contributed by atoms with Crippen LogP contribution in [0, 0.1) is 11.8 Å². The van der Waals surface area contributed by atoms with Gasteiger partial charge in [0.05, 0.1) is 15.8 Å². The fourth-order valence-electron chi connectivity index (χ4n) is 3.95. The number of primary amides is 1. The molecule has 0 unspecified atom stereocenters. The summed E-state index contributed by atoms with van der Waals surface area (Å²) in [5, 5.41) is 0.704. The SMILES string of the molecule is NC(=O)C1CCN(C(=O)C2CCN(S(=O)(=O)Cc3ccc(Cl)c(Cl)c3)CC2)CC1. The van der Waals surface area contributed by atoms with E-state index < -0.39 is 10.0 Å². The lowest BCUT2D eigenvalue weighted by Crippen LogP contribution is -2.47. The van der Waals surface area contributed by atoms with Crippen LogP contribution in [0.15, 0.2) is 18.2 Å². The van der Waals surface area contributed by atoms with Gasteiger partial charge in [-0.15, -0.1) is 0 Å². The van der Waals surface area contributed by atoms with Crippen LogP contribution in [-0.4, -0.2) is 55.6 Å². The van der Waals surface area contributed by atoms with Crippen molar-refractivity contribution >= 4 is 45.0 Å². The number of halogens is 2. The highest BCUT2D eigenvalue weighted by Crippen LogP contribution is 2.27. The van der Waals surface area contributed by atoms with Crippen LogP contribution in [0.2, 0.25) is 10.0 Å². The van der Waals surface area contributed by atoms with Crippen molar-refractivity contribution in [2.45, 2.75) is 31.4 Å². The molecule has 2 N–H and O–H groups in total. The van der Waals surface area contributed by atoms with E-state index in [1.807, 2.05) is 0 Å². The van der Waals surface area contributed by atoms with E-state index in [2.05, 4.69) is 0 Å². The molecule has 0 aromatic heterocycles. The second-order valence-electron chi connectivity index (χ2n) is 7.68. The molecule has 3 rings (SSSR count). The van der Waals surface area contributed by atoms with Crippen molar-refractivity contribution < 1.29 is 18.0 Å². The van der Waals surface area contributed by atoms with E-state index in [0.717, 1.165) is 0 Å². The first kappa shape index (κ1) is 22.3. The van der Waals surface area contributed by atoms with Crippen LogP contribution < -0.4 is 5.73 Å². The van der Waals surface area contributed by atoms with Gasteiger partial charge >= 0.3 is 0 Å². The second kappa shape index (κ2) is 9.20. The zero-order chi connectivity index (χ0) is 21.2. The number of piperidine rings is 2. The molecule has 0 saturated carbocycles. The largest absolute Gasteiger partial charge is 0.369 e. The van der Waals surface area contributed by atoms with Crippen LogP contribution in [0.1, 0.15) is 31.2 Å². The highest BCUT2D eigenvalue weighted by Gasteiger charge is 2.34. The summed E-state index contributed by atoms with van der Waals surface area (Å²) in [4.78, 5) is 25.8. The maximum Gasteiger partial charge on any atom is 0.225 e. The minimum Gasteiger partial charge on any atom is -0.369 e. The van der Waals surface area contributed by atoms with E-state index in [1.165, 1.54) is 4.31 Å². The van der Waals surface area contributed by atoms with Crippen LogP contribution in [0.3, 0.4) is 0 Å². The smallest absolute Gasteiger partial charge is 0.225 e. The minimum atomic E-state index is -3.50. The van der Waals surface area contributed by atoms with Gasteiger partial charge in [-0.3, -0.25) is 9.59 Å². The molecule has 1 aromatic carbocycles. The Kier molecular flexibility index (Phi) is 7.09. The molecule has 29 heavy (non-hydrogen) atoms. The normalized spacial score (nSPS) is 20.0. The highest BCUT2D eigenvalue weighted by molar-refractivity contribution is 7.88. The van der Waals surface area contributed by atoms with Crippen molar-refractivity contribution in [3.8, 4) is 0 Å². The molecule has 7 nitrogen and oxygen atoms in total. The van der Waals surface area contributed by atoms with E-state index >= 15 is 0 Å². The summed E-state index contributed by atoms with van der Waals surface area (Å²) in [6.07, 6.45) is 2.18. The number of sulfonamides is 1. The van der Waals surface area contributed by atoms with Crippen molar-refractivity contribution in [2.24, 2.45) is 17.6 Å². The molecule has 0 aliphatic carbocycles. The van der Waals surface area contributed by atoms with Gasteiger partial charge in [0.1, 0.15) is 0 Å². The molecule has 0 radical (unpaired) electrons. The van der Waals surface area contributed by atoms with Gasteiger partial charge in [0.25, 0.3) is 0 Å². The Morgan fingerprint density at radius 3 is 2.10 bits per heavy atom. The van der Waals surface area contributed by atoms with E-state index in [4.69, 9.17) is 28.9 Å². The number of hydrogen-bond acceptors (Lipinski definition) is 4. The molecule has 2 heterocycles. The molecule has 2 aliphatic rings. The third-order valence-electron chi connectivity index (χ3n) is 5.74. The van der Waals surface area contributed by atoms with Gasteiger partial charge in [0, 0.05) is 38.0 Å². The second-order valence-corrected chi connectivity index (χ2v) is 10.5. The first-order valence-corrected chi connectivity index (χ1v) is 12.0. The molecule has 2 amide bonds. The van der Waals surface area contributed by atoms with Gasteiger partial charge in [-0.05, 0) is 43.4 Å². The Balaban J connectivity index is 1.53. The Morgan fingerprint density at radius 1 is 0.966 bits per heavy atom. The van der Waals surface area contributed by atoms with Crippen molar-refractivity contribution in [3.05, 3.63) is 33.8 Å². The van der Waals surface area contributed by atoms with Crippen molar-refractivity contribution in [2.75, 3.05) is 26.2 Å². The zero-order valence-corrected chi connectivity index (χ0v) is 18.3. The molecule has 2 aliphatic heterocycles. The molecular formula is C19H25Cl2N3O4S. The molecule has 0 atom stereocenters. The van der Waals surface area contributed by atoms with Crippen molar-refractivity contribution in [1.82, 2.24) is 9.21 Å². The van der Waals surface area contributed by atoms with Crippen LogP contribution in [0.5, 0.6) is 0 Å². The van der Waals surface area contributed by atoms with Crippen molar-refractivity contribution in [3.63, 3.8) is 0 Å². The van der Waals surface area contributed by atoms with Crippen LogP contribution in [0.25, 0.3) is 0 Å². The van der Waals surface area contributed by atoms with E-state index in [-0.39, 0.29) is 29.4 Å². The molecule has 10 heteroatoms.